The molecule has 1 aliphatic rings. The van der Waals surface area contributed by atoms with Crippen molar-refractivity contribution in [3.8, 4) is 0 Å². The second-order valence-electron chi connectivity index (χ2n) is 3.80. The van der Waals surface area contributed by atoms with Gasteiger partial charge in [0, 0.05) is 19.1 Å². The van der Waals surface area contributed by atoms with Crippen LogP contribution in [0.2, 0.25) is 5.02 Å². The van der Waals surface area contributed by atoms with Crippen LogP contribution in [0.15, 0.2) is 24.3 Å². The van der Waals surface area contributed by atoms with Crippen molar-refractivity contribution in [1.82, 2.24) is 0 Å². The number of hydrogen-bond acceptors (Lipinski definition) is 2. The van der Waals surface area contributed by atoms with E-state index in [2.05, 4.69) is 11.0 Å². The highest BCUT2D eigenvalue weighted by Gasteiger charge is 2.18. The summed E-state index contributed by atoms with van der Waals surface area (Å²) in [6, 6.07) is 8.24. The summed E-state index contributed by atoms with van der Waals surface area (Å²) in [4.78, 5) is 2.27. The van der Waals surface area contributed by atoms with Crippen LogP contribution in [0.5, 0.6) is 0 Å². The molecular formula is C11H15ClN2. The molecule has 1 fully saturated rings. The lowest BCUT2D eigenvalue weighted by Crippen LogP contribution is -2.42. The minimum Gasteiger partial charge on any atom is -0.369 e. The molecule has 0 saturated carbocycles. The first-order valence-corrected chi connectivity index (χ1v) is 5.40. The van der Waals surface area contributed by atoms with E-state index in [0.29, 0.717) is 6.04 Å². The van der Waals surface area contributed by atoms with Crippen molar-refractivity contribution in [2.45, 2.75) is 18.9 Å². The number of rotatable bonds is 1. The van der Waals surface area contributed by atoms with Crippen molar-refractivity contribution < 1.29 is 0 Å². The van der Waals surface area contributed by atoms with Crippen LogP contribution >= 0.6 is 11.6 Å². The molecule has 2 nitrogen and oxygen atoms in total. The molecule has 1 aromatic carbocycles. The van der Waals surface area contributed by atoms with E-state index in [9.17, 15) is 0 Å². The Bertz CT molecular complexity index is 314. The number of anilines is 1. The molecule has 2 rings (SSSR count). The Hall–Kier alpha value is -0.730. The maximum atomic E-state index is 6.12. The van der Waals surface area contributed by atoms with Gasteiger partial charge in [0.2, 0.25) is 0 Å². The van der Waals surface area contributed by atoms with Crippen LogP contribution in [0.25, 0.3) is 0 Å². The quantitative estimate of drug-likeness (QED) is 0.771. The summed E-state index contributed by atoms with van der Waals surface area (Å²) in [5, 5.41) is 0.821. The van der Waals surface area contributed by atoms with Gasteiger partial charge in [0.1, 0.15) is 0 Å². The fraction of sp³-hybridized carbons (Fsp3) is 0.455. The molecule has 3 heteroatoms. The smallest absolute Gasteiger partial charge is 0.0639 e. The number of hydrogen-bond donors (Lipinski definition) is 1. The van der Waals surface area contributed by atoms with Crippen molar-refractivity contribution in [3.05, 3.63) is 29.3 Å². The molecule has 0 radical (unpaired) electrons. The fourth-order valence-electron chi connectivity index (χ4n) is 1.94. The molecule has 0 spiro atoms. The molecular weight excluding hydrogens is 196 g/mol. The number of halogens is 1. The molecule has 0 aromatic heterocycles. The van der Waals surface area contributed by atoms with Crippen LogP contribution in [0.1, 0.15) is 12.8 Å². The summed E-state index contributed by atoms with van der Waals surface area (Å²) in [7, 11) is 0. The van der Waals surface area contributed by atoms with Crippen LogP contribution < -0.4 is 10.6 Å². The van der Waals surface area contributed by atoms with Gasteiger partial charge < -0.3 is 10.6 Å². The van der Waals surface area contributed by atoms with Gasteiger partial charge in [-0.2, -0.15) is 0 Å². The highest BCUT2D eigenvalue weighted by molar-refractivity contribution is 6.33. The Morgan fingerprint density at radius 3 is 2.86 bits per heavy atom. The van der Waals surface area contributed by atoms with Crippen LogP contribution in [0, 0.1) is 0 Å². The lowest BCUT2D eigenvalue weighted by Gasteiger charge is -2.33. The van der Waals surface area contributed by atoms with Gasteiger partial charge in [0.25, 0.3) is 0 Å². The highest BCUT2D eigenvalue weighted by atomic mass is 35.5. The Morgan fingerprint density at radius 2 is 2.14 bits per heavy atom. The lowest BCUT2D eigenvalue weighted by atomic mass is 10.1. The zero-order valence-corrected chi connectivity index (χ0v) is 8.87. The third-order valence-electron chi connectivity index (χ3n) is 2.65. The number of nitrogens with zero attached hydrogens (tertiary/aromatic N) is 1. The molecule has 2 N–H and O–H groups in total. The first kappa shape index (κ1) is 9.81. The van der Waals surface area contributed by atoms with Crippen molar-refractivity contribution in [2.75, 3.05) is 18.0 Å². The van der Waals surface area contributed by atoms with E-state index in [1.54, 1.807) is 0 Å². The largest absolute Gasteiger partial charge is 0.369 e. The molecule has 1 aromatic rings. The van der Waals surface area contributed by atoms with Gasteiger partial charge in [-0.15, -0.1) is 0 Å². The SMILES string of the molecule is N[C@@H]1CCCN(c2ccccc2Cl)C1. The topological polar surface area (TPSA) is 29.3 Å². The molecule has 1 heterocycles. The Morgan fingerprint density at radius 1 is 1.36 bits per heavy atom. The number of nitrogens with two attached hydrogens (primary N) is 1. The van der Waals surface area contributed by atoms with E-state index in [0.717, 1.165) is 36.6 Å². The maximum absolute atomic E-state index is 6.12. The van der Waals surface area contributed by atoms with Gasteiger partial charge in [-0.1, -0.05) is 23.7 Å². The van der Waals surface area contributed by atoms with E-state index in [1.807, 2.05) is 18.2 Å². The Kier molecular flexibility index (Phi) is 2.94. The van der Waals surface area contributed by atoms with Crippen molar-refractivity contribution in [2.24, 2.45) is 5.73 Å². The fourth-order valence-corrected chi connectivity index (χ4v) is 2.19. The van der Waals surface area contributed by atoms with Crippen LogP contribution in [-0.2, 0) is 0 Å². The van der Waals surface area contributed by atoms with Crippen molar-refractivity contribution in [3.63, 3.8) is 0 Å². The summed E-state index contributed by atoms with van der Waals surface area (Å²) >= 11 is 6.12. The minimum atomic E-state index is 0.292. The van der Waals surface area contributed by atoms with Gasteiger partial charge in [0.15, 0.2) is 0 Å². The van der Waals surface area contributed by atoms with E-state index in [4.69, 9.17) is 17.3 Å². The highest BCUT2D eigenvalue weighted by Crippen LogP contribution is 2.27. The molecule has 0 aliphatic carbocycles. The van der Waals surface area contributed by atoms with Crippen LogP contribution in [0.4, 0.5) is 5.69 Å². The summed E-state index contributed by atoms with van der Waals surface area (Å²) < 4.78 is 0. The Balaban J connectivity index is 2.18. The minimum absolute atomic E-state index is 0.292. The Labute approximate surface area is 89.7 Å². The number of para-hydroxylation sites is 1. The van der Waals surface area contributed by atoms with Gasteiger partial charge >= 0.3 is 0 Å². The number of benzene rings is 1. The van der Waals surface area contributed by atoms with E-state index in [-0.39, 0.29) is 0 Å². The zero-order valence-electron chi connectivity index (χ0n) is 8.12. The predicted octanol–water partition coefficient (Wildman–Crippen LogP) is 2.27. The van der Waals surface area contributed by atoms with E-state index in [1.165, 1.54) is 0 Å². The molecule has 1 saturated heterocycles. The lowest BCUT2D eigenvalue weighted by molar-refractivity contribution is 0.506. The zero-order chi connectivity index (χ0) is 9.97. The van der Waals surface area contributed by atoms with E-state index >= 15 is 0 Å². The molecule has 0 unspecified atom stereocenters. The van der Waals surface area contributed by atoms with Crippen LogP contribution in [0.3, 0.4) is 0 Å². The first-order valence-electron chi connectivity index (χ1n) is 5.02. The third kappa shape index (κ3) is 2.02. The second kappa shape index (κ2) is 4.20. The summed E-state index contributed by atoms with van der Waals surface area (Å²) in [5.41, 5.74) is 7.04. The number of piperidine rings is 1. The average Bonchev–Trinajstić information content (AvgIpc) is 2.18. The summed E-state index contributed by atoms with van der Waals surface area (Å²) in [6.45, 7) is 1.99. The normalized spacial score (nSPS) is 22.4. The standard InChI is InChI=1S/C11H15ClN2/c12-10-5-1-2-6-11(10)14-7-3-4-9(13)8-14/h1-2,5-6,9H,3-4,7-8,13H2/t9-/m1/s1. The molecule has 0 amide bonds. The van der Waals surface area contributed by atoms with E-state index < -0.39 is 0 Å². The average molecular weight is 211 g/mol. The monoisotopic (exact) mass is 210 g/mol. The third-order valence-corrected chi connectivity index (χ3v) is 2.97. The summed E-state index contributed by atoms with van der Waals surface area (Å²) in [6.07, 6.45) is 2.29. The predicted molar refractivity (Wildman–Crippen MR) is 60.9 cm³/mol. The molecule has 1 aliphatic heterocycles. The van der Waals surface area contributed by atoms with Gasteiger partial charge in [-0.05, 0) is 25.0 Å². The van der Waals surface area contributed by atoms with Gasteiger partial charge in [-0.3, -0.25) is 0 Å². The first-order chi connectivity index (χ1) is 6.77. The van der Waals surface area contributed by atoms with Crippen LogP contribution in [-0.4, -0.2) is 19.1 Å². The van der Waals surface area contributed by atoms with Crippen molar-refractivity contribution in [1.29, 1.82) is 0 Å². The molecule has 0 bridgehead atoms. The maximum Gasteiger partial charge on any atom is 0.0639 e. The summed E-state index contributed by atoms with van der Waals surface area (Å²) in [5.74, 6) is 0. The van der Waals surface area contributed by atoms with Crippen molar-refractivity contribution >= 4 is 17.3 Å². The van der Waals surface area contributed by atoms with Gasteiger partial charge in [0.05, 0.1) is 10.7 Å². The second-order valence-corrected chi connectivity index (χ2v) is 4.21. The molecule has 1 atom stereocenters. The molecule has 14 heavy (non-hydrogen) atoms. The van der Waals surface area contributed by atoms with Gasteiger partial charge in [-0.25, -0.2) is 0 Å². The molecule has 76 valence electrons.